The molecule has 0 aliphatic rings. The lowest BCUT2D eigenvalue weighted by Crippen LogP contribution is -2.44. The van der Waals surface area contributed by atoms with E-state index < -0.39 is 0 Å². The number of aryl methyl sites for hydroxylation is 1. The molecule has 1 aromatic heterocycles. The fourth-order valence-electron chi connectivity index (χ4n) is 4.45. The van der Waals surface area contributed by atoms with Crippen LogP contribution in [0.4, 0.5) is 4.39 Å². The zero-order chi connectivity index (χ0) is 26.4. The second kappa shape index (κ2) is 11.9. The lowest BCUT2D eigenvalue weighted by Gasteiger charge is -2.29. The molecule has 0 aliphatic heterocycles. The molecule has 4 rings (SSSR count). The van der Waals surface area contributed by atoms with Crippen molar-refractivity contribution in [3.05, 3.63) is 107 Å². The number of aromatic amines is 1. The Labute approximate surface area is 217 Å². The van der Waals surface area contributed by atoms with E-state index in [1.54, 1.807) is 17.0 Å². The number of para-hydroxylation sites is 1. The van der Waals surface area contributed by atoms with Gasteiger partial charge in [0.2, 0.25) is 11.8 Å². The molecule has 6 heteroatoms. The molecule has 1 heterocycles. The van der Waals surface area contributed by atoms with Crippen molar-refractivity contribution in [2.45, 2.75) is 40.3 Å². The van der Waals surface area contributed by atoms with E-state index in [0.29, 0.717) is 19.5 Å². The summed E-state index contributed by atoms with van der Waals surface area (Å²) in [5.74, 6) is -0.811. The Hall–Kier alpha value is -3.93. The molecule has 5 nitrogen and oxygen atoms in total. The minimum Gasteiger partial charge on any atom is -0.361 e. The number of aromatic nitrogens is 1. The van der Waals surface area contributed by atoms with Crippen molar-refractivity contribution < 1.29 is 14.0 Å². The molecule has 37 heavy (non-hydrogen) atoms. The molecule has 3 aromatic carbocycles. The molecule has 0 aliphatic carbocycles. The van der Waals surface area contributed by atoms with Crippen LogP contribution in [0.15, 0.2) is 79.0 Å². The number of carbonyl (C=O) groups is 2. The van der Waals surface area contributed by atoms with Crippen LogP contribution in [0, 0.1) is 18.7 Å². The Morgan fingerprint density at radius 3 is 2.16 bits per heavy atom. The van der Waals surface area contributed by atoms with E-state index in [4.69, 9.17) is 0 Å². The largest absolute Gasteiger partial charge is 0.361 e. The van der Waals surface area contributed by atoms with Crippen molar-refractivity contribution >= 4 is 22.7 Å². The molecule has 2 amide bonds. The van der Waals surface area contributed by atoms with Crippen LogP contribution in [0.3, 0.4) is 0 Å². The number of hydrogen-bond donors (Lipinski definition) is 1. The Morgan fingerprint density at radius 2 is 1.49 bits per heavy atom. The Morgan fingerprint density at radius 1 is 0.865 bits per heavy atom. The van der Waals surface area contributed by atoms with Gasteiger partial charge in [0.1, 0.15) is 12.4 Å². The van der Waals surface area contributed by atoms with Gasteiger partial charge < -0.3 is 14.8 Å². The molecule has 192 valence electrons. The van der Waals surface area contributed by atoms with E-state index in [1.165, 1.54) is 12.1 Å². The maximum absolute atomic E-state index is 13.7. The van der Waals surface area contributed by atoms with Gasteiger partial charge in [-0.1, -0.05) is 74.0 Å². The van der Waals surface area contributed by atoms with Crippen LogP contribution in [-0.4, -0.2) is 39.7 Å². The first kappa shape index (κ1) is 26.1. The summed E-state index contributed by atoms with van der Waals surface area (Å²) in [6, 6.07) is 22.4. The number of carbonyl (C=O) groups excluding carboxylic acids is 2. The smallest absolute Gasteiger partial charge is 0.242 e. The summed E-state index contributed by atoms with van der Waals surface area (Å²) >= 11 is 0. The SMILES string of the molecule is Cc1ccc(CN(CCc2c[nH]c3ccccc23)C(=O)CN(Cc2ccc(F)cc2)C(=O)C(C)C)cc1. The zero-order valence-electron chi connectivity index (χ0n) is 21.7. The summed E-state index contributed by atoms with van der Waals surface area (Å²) in [6.45, 7) is 6.89. The van der Waals surface area contributed by atoms with Crippen LogP contribution < -0.4 is 0 Å². The lowest BCUT2D eigenvalue weighted by molar-refractivity contribution is -0.143. The maximum atomic E-state index is 13.7. The predicted octanol–water partition coefficient (Wildman–Crippen LogP) is 5.87. The van der Waals surface area contributed by atoms with Crippen molar-refractivity contribution in [2.75, 3.05) is 13.1 Å². The van der Waals surface area contributed by atoms with E-state index in [1.807, 2.05) is 74.3 Å². The van der Waals surface area contributed by atoms with Gasteiger partial charge in [-0.2, -0.15) is 0 Å². The minimum absolute atomic E-state index is 0.0336. The number of halogens is 1. The molecule has 0 unspecified atom stereocenters. The van der Waals surface area contributed by atoms with Gasteiger partial charge in [0, 0.05) is 42.7 Å². The van der Waals surface area contributed by atoms with Gasteiger partial charge in [-0.3, -0.25) is 9.59 Å². The van der Waals surface area contributed by atoms with Gasteiger partial charge in [-0.15, -0.1) is 0 Å². The van der Waals surface area contributed by atoms with Gasteiger partial charge in [-0.25, -0.2) is 4.39 Å². The van der Waals surface area contributed by atoms with Gasteiger partial charge in [0.15, 0.2) is 0 Å². The minimum atomic E-state index is -0.330. The third-order valence-electron chi connectivity index (χ3n) is 6.59. The van der Waals surface area contributed by atoms with Gasteiger partial charge in [0.25, 0.3) is 0 Å². The molecule has 0 atom stereocenters. The van der Waals surface area contributed by atoms with Crippen LogP contribution in [-0.2, 0) is 29.1 Å². The quantitative estimate of drug-likeness (QED) is 0.297. The molecule has 0 spiro atoms. The van der Waals surface area contributed by atoms with Crippen molar-refractivity contribution in [3.63, 3.8) is 0 Å². The summed E-state index contributed by atoms with van der Waals surface area (Å²) in [6.07, 6.45) is 2.69. The standard InChI is InChI=1S/C31H34FN3O2/c1-22(2)31(37)35(20-25-12-14-27(32)15-13-25)21-30(36)34(19-24-10-8-23(3)9-11-24)17-16-26-18-33-29-7-5-4-6-28(26)29/h4-15,18,22,33H,16-17,19-21H2,1-3H3. The first-order valence-electron chi connectivity index (χ1n) is 12.7. The maximum Gasteiger partial charge on any atom is 0.242 e. The van der Waals surface area contributed by atoms with E-state index >= 15 is 0 Å². The topological polar surface area (TPSA) is 56.4 Å². The van der Waals surface area contributed by atoms with E-state index in [-0.39, 0.29) is 36.6 Å². The summed E-state index contributed by atoms with van der Waals surface area (Å²) < 4.78 is 13.4. The molecule has 0 fully saturated rings. The average molecular weight is 500 g/mol. The second-order valence-electron chi connectivity index (χ2n) is 9.89. The highest BCUT2D eigenvalue weighted by atomic mass is 19.1. The third-order valence-corrected chi connectivity index (χ3v) is 6.59. The van der Waals surface area contributed by atoms with Crippen LogP contribution in [0.5, 0.6) is 0 Å². The number of hydrogen-bond acceptors (Lipinski definition) is 2. The number of nitrogens with zero attached hydrogens (tertiary/aromatic N) is 2. The number of H-pyrrole nitrogens is 1. The molecule has 0 saturated heterocycles. The van der Waals surface area contributed by atoms with Crippen LogP contribution in [0.25, 0.3) is 10.9 Å². The number of amides is 2. The highest BCUT2D eigenvalue weighted by Crippen LogP contribution is 2.19. The predicted molar refractivity (Wildman–Crippen MR) is 145 cm³/mol. The van der Waals surface area contributed by atoms with Crippen LogP contribution in [0.2, 0.25) is 0 Å². The Balaban J connectivity index is 1.54. The van der Waals surface area contributed by atoms with Gasteiger partial charge in [-0.05, 0) is 48.2 Å². The highest BCUT2D eigenvalue weighted by molar-refractivity contribution is 5.86. The lowest BCUT2D eigenvalue weighted by atomic mass is 10.1. The van der Waals surface area contributed by atoms with Crippen molar-refractivity contribution in [3.8, 4) is 0 Å². The third kappa shape index (κ3) is 6.85. The number of fused-ring (bicyclic) bond motifs is 1. The van der Waals surface area contributed by atoms with Crippen molar-refractivity contribution in [1.82, 2.24) is 14.8 Å². The molecule has 4 aromatic rings. The number of rotatable bonds is 10. The Kier molecular flexibility index (Phi) is 8.39. The molecule has 0 saturated carbocycles. The molecular weight excluding hydrogens is 465 g/mol. The van der Waals surface area contributed by atoms with Gasteiger partial charge in [0.05, 0.1) is 0 Å². The fraction of sp³-hybridized carbons (Fsp3) is 0.290. The number of benzene rings is 3. The fourth-order valence-corrected chi connectivity index (χ4v) is 4.45. The zero-order valence-corrected chi connectivity index (χ0v) is 21.7. The second-order valence-corrected chi connectivity index (χ2v) is 9.89. The van der Waals surface area contributed by atoms with Crippen LogP contribution in [0.1, 0.15) is 36.1 Å². The summed E-state index contributed by atoms with van der Waals surface area (Å²) in [5, 5.41) is 1.15. The summed E-state index contributed by atoms with van der Waals surface area (Å²) in [5.41, 5.74) is 5.21. The number of nitrogens with one attached hydrogen (secondary N) is 1. The monoisotopic (exact) mass is 499 g/mol. The normalized spacial score (nSPS) is 11.2. The molecular formula is C31H34FN3O2. The highest BCUT2D eigenvalue weighted by Gasteiger charge is 2.24. The molecule has 1 N–H and O–H groups in total. The first-order chi connectivity index (χ1) is 17.8. The van der Waals surface area contributed by atoms with Crippen LogP contribution >= 0.6 is 0 Å². The molecule has 0 radical (unpaired) electrons. The summed E-state index contributed by atoms with van der Waals surface area (Å²) in [7, 11) is 0. The average Bonchev–Trinajstić information content (AvgIpc) is 3.31. The van der Waals surface area contributed by atoms with E-state index in [2.05, 4.69) is 11.1 Å². The van der Waals surface area contributed by atoms with Crippen molar-refractivity contribution in [1.29, 1.82) is 0 Å². The van der Waals surface area contributed by atoms with E-state index in [9.17, 15) is 14.0 Å². The van der Waals surface area contributed by atoms with E-state index in [0.717, 1.165) is 33.2 Å². The molecule has 0 bridgehead atoms. The Bertz CT molecular complexity index is 1340. The van der Waals surface area contributed by atoms with Crippen molar-refractivity contribution in [2.24, 2.45) is 5.92 Å². The van der Waals surface area contributed by atoms with Gasteiger partial charge >= 0.3 is 0 Å². The first-order valence-corrected chi connectivity index (χ1v) is 12.7. The summed E-state index contributed by atoms with van der Waals surface area (Å²) in [4.78, 5) is 33.4.